The summed E-state index contributed by atoms with van der Waals surface area (Å²) in [6.45, 7) is 0.431. The number of benzene rings is 1. The van der Waals surface area contributed by atoms with Crippen molar-refractivity contribution < 1.29 is 9.90 Å². The second-order valence-corrected chi connectivity index (χ2v) is 3.71. The van der Waals surface area contributed by atoms with E-state index in [0.29, 0.717) is 6.54 Å². The third-order valence-electron chi connectivity index (χ3n) is 1.72. The van der Waals surface area contributed by atoms with Crippen molar-refractivity contribution in [1.29, 1.82) is 0 Å². The maximum absolute atomic E-state index is 10.4. The first-order valence-electron chi connectivity index (χ1n) is 4.43. The van der Waals surface area contributed by atoms with Gasteiger partial charge in [0.1, 0.15) is 5.03 Å². The number of hydrogen-bond acceptors (Lipinski definition) is 2. The highest BCUT2D eigenvalue weighted by atomic mass is 35.5. The fraction of sp³-hybridized carbons (Fsp3) is 0.0909. The van der Waals surface area contributed by atoms with Gasteiger partial charge in [-0.2, -0.15) is 0 Å². The molecule has 0 bridgehead atoms. The van der Waals surface area contributed by atoms with Crippen LogP contribution in [0.25, 0.3) is 0 Å². The minimum Gasteiger partial charge on any atom is -0.477 e. The molecule has 0 spiro atoms. The summed E-state index contributed by atoms with van der Waals surface area (Å²) in [6.07, 6.45) is 1.24. The van der Waals surface area contributed by atoms with Gasteiger partial charge in [-0.3, -0.25) is 4.99 Å². The van der Waals surface area contributed by atoms with E-state index in [1.165, 1.54) is 6.21 Å². The number of aliphatic carboxylic acids is 1. The van der Waals surface area contributed by atoms with E-state index in [-0.39, 0.29) is 5.03 Å². The van der Waals surface area contributed by atoms with E-state index in [1.54, 1.807) is 0 Å². The highest BCUT2D eigenvalue weighted by Crippen LogP contribution is 2.12. The Morgan fingerprint density at radius 3 is 2.50 bits per heavy atom. The van der Waals surface area contributed by atoms with Crippen LogP contribution in [0.1, 0.15) is 5.56 Å². The molecule has 5 heteroatoms. The predicted molar refractivity (Wildman–Crippen MR) is 65.0 cm³/mol. The summed E-state index contributed by atoms with van der Waals surface area (Å²) in [5, 5.41) is 8.02. The lowest BCUT2D eigenvalue weighted by Gasteiger charge is -1.95. The maximum Gasteiger partial charge on any atom is 0.348 e. The second-order valence-electron chi connectivity index (χ2n) is 2.92. The zero-order valence-corrected chi connectivity index (χ0v) is 9.74. The van der Waals surface area contributed by atoms with E-state index in [9.17, 15) is 4.79 Å². The second kappa shape index (κ2) is 6.30. The summed E-state index contributed by atoms with van der Waals surface area (Å²) in [6, 6.07) is 9.52. The van der Waals surface area contributed by atoms with Crippen molar-refractivity contribution in [1.82, 2.24) is 0 Å². The van der Waals surface area contributed by atoms with Crippen LogP contribution >= 0.6 is 23.2 Å². The van der Waals surface area contributed by atoms with E-state index in [0.717, 1.165) is 5.56 Å². The van der Waals surface area contributed by atoms with Gasteiger partial charge in [-0.05, 0) is 5.56 Å². The number of rotatable bonds is 4. The Morgan fingerprint density at radius 1 is 1.31 bits per heavy atom. The maximum atomic E-state index is 10.4. The third-order valence-corrected chi connectivity index (χ3v) is 2.47. The number of carbonyl (C=O) groups is 1. The molecule has 0 aliphatic carbocycles. The lowest BCUT2D eigenvalue weighted by Crippen LogP contribution is -1.96. The molecule has 0 saturated heterocycles. The van der Waals surface area contributed by atoms with Gasteiger partial charge >= 0.3 is 5.97 Å². The van der Waals surface area contributed by atoms with Crippen LogP contribution in [0.15, 0.2) is 45.4 Å². The average Bonchev–Trinajstić information content (AvgIpc) is 2.29. The Labute approximate surface area is 103 Å². The molecular weight excluding hydrogens is 249 g/mol. The summed E-state index contributed by atoms with van der Waals surface area (Å²) < 4.78 is 0. The van der Waals surface area contributed by atoms with Crippen LogP contribution < -0.4 is 0 Å². The standard InChI is InChI=1S/C11H9Cl2NO2/c12-9(10(13)11(15)16)7-14-6-8-4-2-1-3-5-8/h1-5,7H,6H2,(H,15,16)/b10-9-,14-7?. The molecule has 0 aromatic heterocycles. The molecule has 16 heavy (non-hydrogen) atoms. The third kappa shape index (κ3) is 4.04. The smallest absolute Gasteiger partial charge is 0.348 e. The number of allylic oxidation sites excluding steroid dienone is 1. The van der Waals surface area contributed by atoms with Crippen LogP contribution in [-0.2, 0) is 11.3 Å². The van der Waals surface area contributed by atoms with Gasteiger partial charge in [-0.15, -0.1) is 0 Å². The quantitative estimate of drug-likeness (QED) is 0.666. The first-order chi connectivity index (χ1) is 7.61. The zero-order chi connectivity index (χ0) is 12.0. The Hall–Kier alpha value is -1.32. The molecule has 0 amide bonds. The Morgan fingerprint density at radius 2 is 1.94 bits per heavy atom. The topological polar surface area (TPSA) is 49.7 Å². The zero-order valence-electron chi connectivity index (χ0n) is 8.23. The average molecular weight is 258 g/mol. The molecule has 1 aromatic rings. The number of aliphatic imine (C=N–C) groups is 1. The molecule has 0 saturated carbocycles. The van der Waals surface area contributed by atoms with Crippen LogP contribution in [0.4, 0.5) is 0 Å². The monoisotopic (exact) mass is 257 g/mol. The number of halogens is 2. The number of nitrogens with zero attached hydrogens (tertiary/aromatic N) is 1. The molecular formula is C11H9Cl2NO2. The summed E-state index contributed by atoms with van der Waals surface area (Å²) in [4.78, 5) is 14.4. The molecule has 0 aliphatic rings. The highest BCUT2D eigenvalue weighted by Gasteiger charge is 2.07. The lowest BCUT2D eigenvalue weighted by atomic mass is 10.2. The van der Waals surface area contributed by atoms with Gasteiger partial charge < -0.3 is 5.11 Å². The first kappa shape index (κ1) is 12.7. The highest BCUT2D eigenvalue weighted by molar-refractivity contribution is 6.51. The predicted octanol–water partition coefficient (Wildman–Crippen LogP) is 3.03. The van der Waals surface area contributed by atoms with E-state index in [4.69, 9.17) is 28.3 Å². The van der Waals surface area contributed by atoms with Crippen molar-refractivity contribution in [2.45, 2.75) is 6.54 Å². The van der Waals surface area contributed by atoms with Crippen LogP contribution in [0.2, 0.25) is 0 Å². The molecule has 0 heterocycles. The number of carboxylic acid groups (broad SMARTS) is 1. The van der Waals surface area contributed by atoms with E-state index >= 15 is 0 Å². The summed E-state index contributed by atoms with van der Waals surface area (Å²) in [5.74, 6) is -1.27. The molecule has 3 nitrogen and oxygen atoms in total. The molecule has 84 valence electrons. The minimum absolute atomic E-state index is 0.0786. The fourth-order valence-corrected chi connectivity index (χ4v) is 1.17. The van der Waals surface area contributed by atoms with E-state index in [2.05, 4.69) is 4.99 Å². The van der Waals surface area contributed by atoms with Crippen molar-refractivity contribution >= 4 is 35.4 Å². The van der Waals surface area contributed by atoms with E-state index in [1.807, 2.05) is 30.3 Å². The molecule has 1 N–H and O–H groups in total. The van der Waals surface area contributed by atoms with Crippen LogP contribution in [0, 0.1) is 0 Å². The molecule has 0 unspecified atom stereocenters. The molecule has 0 fully saturated rings. The number of hydrogen-bond donors (Lipinski definition) is 1. The Bertz CT molecular complexity index is 427. The summed E-state index contributed by atoms with van der Waals surface area (Å²) in [5.41, 5.74) is 1.01. The fourth-order valence-electron chi connectivity index (χ4n) is 0.973. The van der Waals surface area contributed by atoms with Gasteiger partial charge in [-0.1, -0.05) is 53.5 Å². The van der Waals surface area contributed by atoms with Crippen LogP contribution in [-0.4, -0.2) is 17.3 Å². The molecule has 1 aromatic carbocycles. The Balaban J connectivity index is 2.63. The molecule has 1 rings (SSSR count). The largest absolute Gasteiger partial charge is 0.477 e. The van der Waals surface area contributed by atoms with Gasteiger partial charge in [0.25, 0.3) is 0 Å². The van der Waals surface area contributed by atoms with Crippen molar-refractivity contribution in [3.05, 3.63) is 46.0 Å². The minimum atomic E-state index is -1.27. The van der Waals surface area contributed by atoms with Crippen LogP contribution in [0.3, 0.4) is 0 Å². The molecule has 0 atom stereocenters. The van der Waals surface area contributed by atoms with Gasteiger partial charge in [0.05, 0.1) is 11.6 Å². The summed E-state index contributed by atoms with van der Waals surface area (Å²) >= 11 is 11.0. The van der Waals surface area contributed by atoms with Crippen molar-refractivity contribution in [2.75, 3.05) is 0 Å². The van der Waals surface area contributed by atoms with Crippen molar-refractivity contribution in [3.63, 3.8) is 0 Å². The van der Waals surface area contributed by atoms with Crippen LogP contribution in [0.5, 0.6) is 0 Å². The van der Waals surface area contributed by atoms with Crippen molar-refractivity contribution in [2.24, 2.45) is 4.99 Å². The lowest BCUT2D eigenvalue weighted by molar-refractivity contribution is -0.131. The summed E-state index contributed by atoms with van der Waals surface area (Å²) in [7, 11) is 0. The Kier molecular flexibility index (Phi) is 5.02. The van der Waals surface area contributed by atoms with Gasteiger partial charge in [0.15, 0.2) is 0 Å². The van der Waals surface area contributed by atoms with Gasteiger partial charge in [0, 0.05) is 6.21 Å². The number of carboxylic acids is 1. The van der Waals surface area contributed by atoms with Crippen molar-refractivity contribution in [3.8, 4) is 0 Å². The SMILES string of the molecule is O=C(O)/C(Cl)=C(/Cl)C=NCc1ccccc1. The van der Waals surface area contributed by atoms with Gasteiger partial charge in [0.2, 0.25) is 0 Å². The van der Waals surface area contributed by atoms with E-state index < -0.39 is 11.0 Å². The molecule has 0 aliphatic heterocycles. The van der Waals surface area contributed by atoms with Gasteiger partial charge in [-0.25, -0.2) is 4.79 Å². The molecule has 0 radical (unpaired) electrons. The normalized spacial score (nSPS) is 12.6. The first-order valence-corrected chi connectivity index (χ1v) is 5.19.